The highest BCUT2D eigenvalue weighted by Gasteiger charge is 2.02. The zero-order valence-electron chi connectivity index (χ0n) is 9.40. The Kier molecular flexibility index (Phi) is 2.77. The van der Waals surface area contributed by atoms with E-state index in [1.54, 1.807) is 7.11 Å². The first-order valence-corrected chi connectivity index (χ1v) is 5.07. The maximum atomic E-state index is 5.85. The van der Waals surface area contributed by atoms with Crippen molar-refractivity contribution in [1.82, 2.24) is 4.98 Å². The number of ether oxygens (including phenoxy) is 1. The first kappa shape index (κ1) is 10.5. The third-order valence-electron chi connectivity index (χ3n) is 2.47. The van der Waals surface area contributed by atoms with Crippen molar-refractivity contribution in [2.75, 3.05) is 12.8 Å². The van der Waals surface area contributed by atoms with E-state index in [1.807, 2.05) is 43.5 Å². The van der Waals surface area contributed by atoms with Crippen molar-refractivity contribution in [1.29, 1.82) is 0 Å². The fourth-order valence-electron chi connectivity index (χ4n) is 1.55. The van der Waals surface area contributed by atoms with Crippen LogP contribution in [0.3, 0.4) is 0 Å². The van der Waals surface area contributed by atoms with Gasteiger partial charge in [-0.15, -0.1) is 0 Å². The summed E-state index contributed by atoms with van der Waals surface area (Å²) in [5.41, 5.74) is 9.60. The molecule has 0 unspecified atom stereocenters. The zero-order valence-corrected chi connectivity index (χ0v) is 9.40. The molecule has 0 aliphatic rings. The lowest BCUT2D eigenvalue weighted by Gasteiger charge is -2.07. The summed E-state index contributed by atoms with van der Waals surface area (Å²) in [5.74, 6) is 0.698. The van der Waals surface area contributed by atoms with Crippen LogP contribution < -0.4 is 10.5 Å². The van der Waals surface area contributed by atoms with Gasteiger partial charge in [0.15, 0.2) is 0 Å². The molecule has 0 saturated heterocycles. The lowest BCUT2D eigenvalue weighted by Crippen LogP contribution is -1.92. The molecule has 3 heteroatoms. The molecule has 0 aliphatic carbocycles. The van der Waals surface area contributed by atoms with Crippen molar-refractivity contribution in [2.45, 2.75) is 6.92 Å². The van der Waals surface area contributed by atoms with Crippen LogP contribution in [-0.2, 0) is 0 Å². The molecule has 1 aromatic carbocycles. The summed E-state index contributed by atoms with van der Waals surface area (Å²) in [6.45, 7) is 1.96. The highest BCUT2D eigenvalue weighted by atomic mass is 16.5. The van der Waals surface area contributed by atoms with Crippen molar-refractivity contribution in [2.24, 2.45) is 0 Å². The number of nitrogens with zero attached hydrogens (tertiary/aromatic N) is 1. The van der Waals surface area contributed by atoms with Crippen molar-refractivity contribution >= 4 is 5.69 Å². The molecule has 0 amide bonds. The smallest absolute Gasteiger partial charge is 0.141 e. The second-order valence-electron chi connectivity index (χ2n) is 3.64. The minimum Gasteiger partial charge on any atom is -0.495 e. The first-order valence-electron chi connectivity index (χ1n) is 5.07. The summed E-state index contributed by atoms with van der Waals surface area (Å²) in [5, 5.41) is 0. The van der Waals surface area contributed by atoms with Gasteiger partial charge in [-0.25, -0.2) is 0 Å². The molecule has 16 heavy (non-hydrogen) atoms. The maximum absolute atomic E-state index is 5.85. The number of nitrogen functional groups attached to an aromatic ring is 1. The second-order valence-corrected chi connectivity index (χ2v) is 3.64. The molecule has 0 atom stereocenters. The van der Waals surface area contributed by atoms with Gasteiger partial charge in [0.25, 0.3) is 0 Å². The van der Waals surface area contributed by atoms with Crippen molar-refractivity contribution in [3.05, 3.63) is 42.2 Å². The minimum absolute atomic E-state index is 0.639. The number of rotatable bonds is 2. The topological polar surface area (TPSA) is 48.1 Å². The summed E-state index contributed by atoms with van der Waals surface area (Å²) >= 11 is 0. The molecule has 0 bridgehead atoms. The number of hydrogen-bond donors (Lipinski definition) is 1. The lowest BCUT2D eigenvalue weighted by molar-refractivity contribution is 0.417. The van der Waals surface area contributed by atoms with Crippen LogP contribution >= 0.6 is 0 Å². The number of aromatic nitrogens is 1. The number of pyridine rings is 1. The van der Waals surface area contributed by atoms with Gasteiger partial charge in [-0.3, -0.25) is 4.98 Å². The molecule has 0 spiro atoms. The van der Waals surface area contributed by atoms with E-state index < -0.39 is 0 Å². The van der Waals surface area contributed by atoms with Crippen LogP contribution in [0.5, 0.6) is 5.75 Å². The van der Waals surface area contributed by atoms with Gasteiger partial charge in [-0.05, 0) is 30.7 Å². The third kappa shape index (κ3) is 1.98. The number of anilines is 1. The first-order chi connectivity index (χ1) is 7.70. The zero-order chi connectivity index (χ0) is 11.5. The van der Waals surface area contributed by atoms with Crippen LogP contribution in [0.4, 0.5) is 5.69 Å². The average Bonchev–Trinajstić information content (AvgIpc) is 2.30. The molecule has 1 heterocycles. The standard InChI is InChI=1S/C13H14N2O/c1-9-3-4-11(8-15-9)10-5-6-13(16-2)12(14)7-10/h3-8H,14H2,1-2H3. The summed E-state index contributed by atoms with van der Waals surface area (Å²) in [4.78, 5) is 4.26. The van der Waals surface area contributed by atoms with Gasteiger partial charge < -0.3 is 10.5 Å². The summed E-state index contributed by atoms with van der Waals surface area (Å²) < 4.78 is 5.11. The van der Waals surface area contributed by atoms with E-state index in [4.69, 9.17) is 10.5 Å². The van der Waals surface area contributed by atoms with Crippen LogP contribution in [0, 0.1) is 6.92 Å². The van der Waals surface area contributed by atoms with Gasteiger partial charge in [-0.2, -0.15) is 0 Å². The second kappa shape index (κ2) is 4.23. The van der Waals surface area contributed by atoms with Crippen LogP contribution in [0.25, 0.3) is 11.1 Å². The van der Waals surface area contributed by atoms with E-state index >= 15 is 0 Å². The number of aryl methyl sites for hydroxylation is 1. The Balaban J connectivity index is 2.41. The molecule has 0 aliphatic heterocycles. The summed E-state index contributed by atoms with van der Waals surface area (Å²) in [6, 6.07) is 9.75. The van der Waals surface area contributed by atoms with Gasteiger partial charge >= 0.3 is 0 Å². The van der Waals surface area contributed by atoms with E-state index in [0.717, 1.165) is 16.8 Å². The molecule has 3 nitrogen and oxygen atoms in total. The predicted octanol–water partition coefficient (Wildman–Crippen LogP) is 2.65. The average molecular weight is 214 g/mol. The highest BCUT2D eigenvalue weighted by Crippen LogP contribution is 2.27. The highest BCUT2D eigenvalue weighted by molar-refractivity contribution is 5.70. The molecular weight excluding hydrogens is 200 g/mol. The number of nitrogens with two attached hydrogens (primary N) is 1. The van der Waals surface area contributed by atoms with E-state index in [1.165, 1.54) is 0 Å². The fraction of sp³-hybridized carbons (Fsp3) is 0.154. The molecule has 2 N–H and O–H groups in total. The number of hydrogen-bond acceptors (Lipinski definition) is 3. The van der Waals surface area contributed by atoms with Crippen LogP contribution in [-0.4, -0.2) is 12.1 Å². The van der Waals surface area contributed by atoms with Crippen molar-refractivity contribution < 1.29 is 4.74 Å². The van der Waals surface area contributed by atoms with Crippen molar-refractivity contribution in [3.8, 4) is 16.9 Å². The van der Waals surface area contributed by atoms with Crippen LogP contribution in [0.2, 0.25) is 0 Å². The minimum atomic E-state index is 0.639. The van der Waals surface area contributed by atoms with E-state index in [2.05, 4.69) is 4.98 Å². The number of benzene rings is 1. The molecule has 2 aromatic rings. The lowest BCUT2D eigenvalue weighted by atomic mass is 10.1. The van der Waals surface area contributed by atoms with Gasteiger partial charge in [-0.1, -0.05) is 12.1 Å². The van der Waals surface area contributed by atoms with E-state index in [-0.39, 0.29) is 0 Å². The SMILES string of the molecule is COc1ccc(-c2ccc(C)nc2)cc1N. The molecule has 0 fully saturated rings. The molecule has 82 valence electrons. The van der Waals surface area contributed by atoms with Crippen molar-refractivity contribution in [3.63, 3.8) is 0 Å². The molecule has 1 aromatic heterocycles. The maximum Gasteiger partial charge on any atom is 0.141 e. The number of methoxy groups -OCH3 is 1. The van der Waals surface area contributed by atoms with Gasteiger partial charge in [0.2, 0.25) is 0 Å². The fourth-order valence-corrected chi connectivity index (χ4v) is 1.55. The Bertz CT molecular complexity index is 492. The van der Waals surface area contributed by atoms with Crippen LogP contribution in [0.1, 0.15) is 5.69 Å². The molecular formula is C13H14N2O. The summed E-state index contributed by atoms with van der Waals surface area (Å²) in [6.07, 6.45) is 1.84. The Morgan fingerprint density at radius 3 is 2.44 bits per heavy atom. The van der Waals surface area contributed by atoms with Gasteiger partial charge in [0.05, 0.1) is 12.8 Å². The van der Waals surface area contributed by atoms with Gasteiger partial charge in [0, 0.05) is 17.5 Å². The largest absolute Gasteiger partial charge is 0.495 e. The Morgan fingerprint density at radius 2 is 1.88 bits per heavy atom. The normalized spacial score (nSPS) is 10.1. The van der Waals surface area contributed by atoms with E-state index in [0.29, 0.717) is 11.4 Å². The Hall–Kier alpha value is -2.03. The Labute approximate surface area is 94.9 Å². The summed E-state index contributed by atoms with van der Waals surface area (Å²) in [7, 11) is 1.61. The predicted molar refractivity (Wildman–Crippen MR) is 65.4 cm³/mol. The van der Waals surface area contributed by atoms with Gasteiger partial charge in [0.1, 0.15) is 5.75 Å². The molecule has 2 rings (SSSR count). The monoisotopic (exact) mass is 214 g/mol. The Morgan fingerprint density at radius 1 is 1.12 bits per heavy atom. The quantitative estimate of drug-likeness (QED) is 0.782. The van der Waals surface area contributed by atoms with E-state index in [9.17, 15) is 0 Å². The van der Waals surface area contributed by atoms with Crippen LogP contribution in [0.15, 0.2) is 36.5 Å². The molecule has 0 radical (unpaired) electrons. The third-order valence-corrected chi connectivity index (χ3v) is 2.47. The molecule has 0 saturated carbocycles.